The highest BCUT2D eigenvalue weighted by Crippen LogP contribution is 2.36. The quantitative estimate of drug-likeness (QED) is 0.854. The molecule has 5 nitrogen and oxygen atoms in total. The minimum Gasteiger partial charge on any atom is -0.476 e. The molecule has 3 rings (SSSR count). The number of fused-ring (bicyclic) bond motifs is 1. The number of aromatic carboxylic acids is 1. The van der Waals surface area contributed by atoms with Crippen LogP contribution >= 0.6 is 0 Å². The van der Waals surface area contributed by atoms with Crippen molar-refractivity contribution in [3.63, 3.8) is 0 Å². The number of rotatable bonds is 3. The molecule has 1 aliphatic carbocycles. The Morgan fingerprint density at radius 2 is 2.05 bits per heavy atom. The van der Waals surface area contributed by atoms with Crippen LogP contribution < -0.4 is 5.73 Å². The second kappa shape index (κ2) is 5.16. The highest BCUT2D eigenvalue weighted by molar-refractivity contribution is 5.87. The van der Waals surface area contributed by atoms with Gasteiger partial charge in [0.05, 0.1) is 6.54 Å². The second-order valence-corrected chi connectivity index (χ2v) is 6.82. The smallest absolute Gasteiger partial charge is 0.356 e. The molecule has 1 aromatic carbocycles. The SMILES string of the molecule is CC1(C)CCc2c(c(C(=O)O)nn2Cc2ccc(N)cc2)C1. The van der Waals surface area contributed by atoms with Gasteiger partial charge in [0.1, 0.15) is 0 Å². The van der Waals surface area contributed by atoms with Crippen molar-refractivity contribution in [2.24, 2.45) is 5.41 Å². The standard InChI is InChI=1S/C17H21N3O2/c1-17(2)8-7-14-13(9-17)15(16(21)22)19-20(14)10-11-3-5-12(18)6-4-11/h3-6H,7-10,18H2,1-2H3,(H,21,22). The average molecular weight is 299 g/mol. The van der Waals surface area contributed by atoms with E-state index in [0.717, 1.165) is 41.8 Å². The molecule has 116 valence electrons. The van der Waals surface area contributed by atoms with Crippen LogP contribution in [0.1, 0.15) is 47.6 Å². The van der Waals surface area contributed by atoms with E-state index in [9.17, 15) is 9.90 Å². The fourth-order valence-corrected chi connectivity index (χ4v) is 3.12. The summed E-state index contributed by atoms with van der Waals surface area (Å²) in [6.07, 6.45) is 2.69. The van der Waals surface area contributed by atoms with Gasteiger partial charge in [0.2, 0.25) is 0 Å². The summed E-state index contributed by atoms with van der Waals surface area (Å²) in [4.78, 5) is 11.5. The van der Waals surface area contributed by atoms with Crippen LogP contribution in [0, 0.1) is 5.41 Å². The molecule has 0 atom stereocenters. The summed E-state index contributed by atoms with van der Waals surface area (Å²) >= 11 is 0. The first-order valence-corrected chi connectivity index (χ1v) is 7.52. The van der Waals surface area contributed by atoms with Gasteiger partial charge in [-0.3, -0.25) is 4.68 Å². The third kappa shape index (κ3) is 2.71. The molecule has 0 saturated carbocycles. The Hall–Kier alpha value is -2.30. The molecule has 3 N–H and O–H groups in total. The largest absolute Gasteiger partial charge is 0.476 e. The summed E-state index contributed by atoms with van der Waals surface area (Å²) in [6, 6.07) is 7.62. The van der Waals surface area contributed by atoms with E-state index >= 15 is 0 Å². The number of hydrogen-bond donors (Lipinski definition) is 2. The number of carboxylic acids is 1. The molecule has 1 heterocycles. The maximum Gasteiger partial charge on any atom is 0.356 e. The highest BCUT2D eigenvalue weighted by atomic mass is 16.4. The molecule has 0 saturated heterocycles. The normalized spacial score (nSPS) is 16.3. The monoisotopic (exact) mass is 299 g/mol. The van der Waals surface area contributed by atoms with Gasteiger partial charge in [0, 0.05) is 16.9 Å². The van der Waals surface area contributed by atoms with E-state index in [-0.39, 0.29) is 11.1 Å². The van der Waals surface area contributed by atoms with E-state index in [1.165, 1.54) is 0 Å². The van der Waals surface area contributed by atoms with Crippen molar-refractivity contribution in [2.45, 2.75) is 39.7 Å². The maximum absolute atomic E-state index is 11.5. The number of nitrogen functional groups attached to an aromatic ring is 1. The van der Waals surface area contributed by atoms with Crippen LogP contribution in [0.25, 0.3) is 0 Å². The first-order valence-electron chi connectivity index (χ1n) is 7.52. The Morgan fingerprint density at radius 1 is 1.36 bits per heavy atom. The van der Waals surface area contributed by atoms with Crippen LogP contribution in [0.15, 0.2) is 24.3 Å². The predicted molar refractivity (Wildman–Crippen MR) is 84.9 cm³/mol. The van der Waals surface area contributed by atoms with Gasteiger partial charge in [0.25, 0.3) is 0 Å². The summed E-state index contributed by atoms with van der Waals surface area (Å²) in [5, 5.41) is 13.8. The summed E-state index contributed by atoms with van der Waals surface area (Å²) in [6.45, 7) is 4.94. The summed E-state index contributed by atoms with van der Waals surface area (Å²) in [7, 11) is 0. The van der Waals surface area contributed by atoms with Crippen LogP contribution in [-0.2, 0) is 19.4 Å². The van der Waals surface area contributed by atoms with Crippen molar-refractivity contribution >= 4 is 11.7 Å². The lowest BCUT2D eigenvalue weighted by molar-refractivity contribution is 0.0687. The minimum atomic E-state index is -0.940. The first kappa shape index (κ1) is 14.6. The zero-order valence-corrected chi connectivity index (χ0v) is 13.0. The number of nitrogens with zero attached hydrogens (tertiary/aromatic N) is 2. The van der Waals surface area contributed by atoms with E-state index < -0.39 is 5.97 Å². The average Bonchev–Trinajstić information content (AvgIpc) is 2.78. The molecular formula is C17H21N3O2. The van der Waals surface area contributed by atoms with Crippen molar-refractivity contribution in [3.05, 3.63) is 46.8 Å². The van der Waals surface area contributed by atoms with E-state index in [1.54, 1.807) is 0 Å². The molecule has 0 bridgehead atoms. The van der Waals surface area contributed by atoms with Crippen molar-refractivity contribution in [3.8, 4) is 0 Å². The minimum absolute atomic E-state index is 0.131. The Balaban J connectivity index is 1.99. The van der Waals surface area contributed by atoms with Gasteiger partial charge in [-0.15, -0.1) is 0 Å². The molecular weight excluding hydrogens is 278 g/mol. The number of anilines is 1. The molecule has 5 heteroatoms. The number of hydrogen-bond acceptors (Lipinski definition) is 3. The number of carboxylic acid groups (broad SMARTS) is 1. The van der Waals surface area contributed by atoms with Crippen LogP contribution in [0.4, 0.5) is 5.69 Å². The first-order chi connectivity index (χ1) is 10.4. The Labute approximate surface area is 129 Å². The van der Waals surface area contributed by atoms with Crippen molar-refractivity contribution in [2.75, 3.05) is 5.73 Å². The van der Waals surface area contributed by atoms with E-state index in [2.05, 4.69) is 18.9 Å². The third-order valence-electron chi connectivity index (χ3n) is 4.38. The number of aromatic nitrogens is 2. The van der Waals surface area contributed by atoms with Gasteiger partial charge in [-0.05, 0) is 42.4 Å². The van der Waals surface area contributed by atoms with Crippen molar-refractivity contribution < 1.29 is 9.90 Å². The fourth-order valence-electron chi connectivity index (χ4n) is 3.12. The van der Waals surface area contributed by atoms with Crippen LogP contribution in [0.3, 0.4) is 0 Å². The zero-order valence-electron chi connectivity index (χ0n) is 13.0. The molecule has 1 aromatic heterocycles. The molecule has 2 aromatic rings. The third-order valence-corrected chi connectivity index (χ3v) is 4.38. The van der Waals surface area contributed by atoms with Crippen molar-refractivity contribution in [1.82, 2.24) is 9.78 Å². The maximum atomic E-state index is 11.5. The summed E-state index contributed by atoms with van der Waals surface area (Å²) in [5.74, 6) is -0.940. The van der Waals surface area contributed by atoms with E-state index in [0.29, 0.717) is 6.54 Å². The number of nitrogens with two attached hydrogens (primary N) is 1. The highest BCUT2D eigenvalue weighted by Gasteiger charge is 2.32. The van der Waals surface area contributed by atoms with E-state index in [4.69, 9.17) is 5.73 Å². The van der Waals surface area contributed by atoms with Crippen LogP contribution in [0.5, 0.6) is 0 Å². The van der Waals surface area contributed by atoms with Crippen molar-refractivity contribution in [1.29, 1.82) is 0 Å². The van der Waals surface area contributed by atoms with Gasteiger partial charge in [-0.25, -0.2) is 4.79 Å². The van der Waals surface area contributed by atoms with E-state index in [1.807, 2.05) is 28.9 Å². The molecule has 0 spiro atoms. The summed E-state index contributed by atoms with van der Waals surface area (Å²) in [5.41, 5.74) is 9.80. The zero-order chi connectivity index (χ0) is 15.9. The summed E-state index contributed by atoms with van der Waals surface area (Å²) < 4.78 is 1.85. The van der Waals surface area contributed by atoms with Crippen LogP contribution in [0.2, 0.25) is 0 Å². The van der Waals surface area contributed by atoms with Gasteiger partial charge in [-0.1, -0.05) is 26.0 Å². The molecule has 0 unspecified atom stereocenters. The van der Waals surface area contributed by atoms with Gasteiger partial charge < -0.3 is 10.8 Å². The fraction of sp³-hybridized carbons (Fsp3) is 0.412. The Kier molecular flexibility index (Phi) is 3.43. The molecule has 0 aliphatic heterocycles. The van der Waals surface area contributed by atoms with Gasteiger partial charge >= 0.3 is 5.97 Å². The topological polar surface area (TPSA) is 81.1 Å². The molecule has 22 heavy (non-hydrogen) atoms. The lowest BCUT2D eigenvalue weighted by Crippen LogP contribution is -2.24. The lowest BCUT2D eigenvalue weighted by atomic mass is 9.76. The van der Waals surface area contributed by atoms with Gasteiger partial charge in [-0.2, -0.15) is 5.10 Å². The Bertz CT molecular complexity index is 714. The predicted octanol–water partition coefficient (Wildman–Crippen LogP) is 2.73. The Morgan fingerprint density at radius 3 is 2.68 bits per heavy atom. The number of benzene rings is 1. The van der Waals surface area contributed by atoms with Crippen LogP contribution in [-0.4, -0.2) is 20.9 Å². The second-order valence-electron chi connectivity index (χ2n) is 6.82. The molecule has 0 radical (unpaired) electrons. The number of carbonyl (C=O) groups is 1. The molecule has 1 aliphatic rings. The lowest BCUT2D eigenvalue weighted by Gasteiger charge is -2.29. The van der Waals surface area contributed by atoms with Gasteiger partial charge in [0.15, 0.2) is 5.69 Å². The molecule has 0 fully saturated rings. The molecule has 0 amide bonds.